The summed E-state index contributed by atoms with van der Waals surface area (Å²) < 4.78 is 37.8. The van der Waals surface area contributed by atoms with Gasteiger partial charge in [-0.1, -0.05) is 125 Å². The molecule has 0 fully saturated rings. The van der Waals surface area contributed by atoms with E-state index in [1.807, 2.05) is 12.1 Å². The normalized spacial score (nSPS) is 11.7. The molecule has 3 nitrogen and oxygen atoms in total. The van der Waals surface area contributed by atoms with Crippen molar-refractivity contribution in [1.82, 2.24) is 9.13 Å². The van der Waals surface area contributed by atoms with Gasteiger partial charge in [-0.3, -0.25) is 0 Å². The Bertz CT molecular complexity index is 4010. The average Bonchev–Trinajstić information content (AvgIpc) is 3.96. The van der Waals surface area contributed by atoms with Crippen molar-refractivity contribution in [2.24, 2.45) is 0 Å². The number of hydrogen-bond donors (Lipinski definition) is 0. The van der Waals surface area contributed by atoms with Gasteiger partial charge in [-0.05, 0) is 226 Å². The second-order valence-corrected chi connectivity index (χ2v) is 22.3. The van der Waals surface area contributed by atoms with Gasteiger partial charge in [0.2, 0.25) is 0 Å². The van der Waals surface area contributed by atoms with E-state index in [4.69, 9.17) is 0 Å². The second-order valence-electron chi connectivity index (χ2n) is 22.3. The third-order valence-electron chi connectivity index (χ3n) is 16.3. The second kappa shape index (κ2) is 18.7. The van der Waals surface area contributed by atoms with Crippen molar-refractivity contribution in [2.75, 3.05) is 0 Å². The van der Waals surface area contributed by atoms with Crippen LogP contribution in [0.5, 0.6) is 0 Å². The molecule has 0 unspecified atom stereocenters. The van der Waals surface area contributed by atoms with E-state index in [1.165, 1.54) is 40.5 Å². The van der Waals surface area contributed by atoms with Gasteiger partial charge in [-0.25, -0.2) is 8.78 Å². The van der Waals surface area contributed by atoms with Crippen LogP contribution in [0.3, 0.4) is 0 Å². The first-order valence-corrected chi connectivity index (χ1v) is 26.9. The molecule has 10 aromatic carbocycles. The molecule has 78 heavy (non-hydrogen) atoms. The maximum absolute atomic E-state index is 16.7. The Hall–Kier alpha value is -8.85. The Balaban J connectivity index is 1.27. The molecular weight excluding hydrogens is 957 g/mol. The van der Waals surface area contributed by atoms with Crippen LogP contribution in [-0.2, 0) is 0 Å². The van der Waals surface area contributed by atoms with Crippen molar-refractivity contribution in [2.45, 2.75) is 83.1 Å². The number of halogens is 2. The van der Waals surface area contributed by atoms with Crippen LogP contribution in [0, 0.1) is 106 Å². The fourth-order valence-corrected chi connectivity index (χ4v) is 13.7. The van der Waals surface area contributed by atoms with Crippen LogP contribution in [0.4, 0.5) is 8.78 Å². The first-order chi connectivity index (χ1) is 37.4. The number of aryl methyl sites for hydroxylation is 12. The van der Waals surface area contributed by atoms with Crippen LogP contribution >= 0.6 is 0 Å². The van der Waals surface area contributed by atoms with Crippen molar-refractivity contribution < 1.29 is 8.78 Å². The van der Waals surface area contributed by atoms with Crippen molar-refractivity contribution in [1.29, 1.82) is 5.26 Å². The fourth-order valence-electron chi connectivity index (χ4n) is 13.7. The minimum atomic E-state index is -0.693. The lowest BCUT2D eigenvalue weighted by molar-refractivity contribution is 0.589. The first-order valence-electron chi connectivity index (χ1n) is 26.9. The molecule has 0 saturated carbocycles. The summed E-state index contributed by atoms with van der Waals surface area (Å²) in [4.78, 5) is 0. The Labute approximate surface area is 456 Å². The summed E-state index contributed by atoms with van der Waals surface area (Å²) in [5.41, 5.74) is 27.8. The first kappa shape index (κ1) is 50.0. The molecule has 2 aromatic heterocycles. The Morgan fingerprint density at radius 2 is 0.564 bits per heavy atom. The molecule has 0 saturated heterocycles. The van der Waals surface area contributed by atoms with Gasteiger partial charge in [0.05, 0.1) is 39.0 Å². The summed E-state index contributed by atoms with van der Waals surface area (Å²) in [7, 11) is 0. The van der Waals surface area contributed by atoms with E-state index in [2.05, 4.69) is 220 Å². The van der Waals surface area contributed by atoms with Gasteiger partial charge >= 0.3 is 0 Å². The average molecular weight is 1020 g/mol. The Morgan fingerprint density at radius 1 is 0.308 bits per heavy atom. The lowest BCUT2D eigenvalue weighted by atomic mass is 9.92. The molecule has 0 aliphatic rings. The molecular formula is C73H61F2N3. The predicted octanol–water partition coefficient (Wildman–Crippen LogP) is 20.1. The Morgan fingerprint density at radius 3 is 0.808 bits per heavy atom. The van der Waals surface area contributed by atoms with Crippen molar-refractivity contribution >= 4 is 43.6 Å². The highest BCUT2D eigenvalue weighted by Crippen LogP contribution is 2.46. The van der Waals surface area contributed by atoms with Gasteiger partial charge in [0.15, 0.2) is 0 Å². The van der Waals surface area contributed by atoms with Gasteiger partial charge in [-0.15, -0.1) is 0 Å². The molecule has 5 heteroatoms. The third kappa shape index (κ3) is 8.04. The summed E-state index contributed by atoms with van der Waals surface area (Å²) in [5, 5.41) is 16.1. The minimum Gasteiger partial charge on any atom is -0.308 e. The number of benzene rings is 10. The largest absolute Gasteiger partial charge is 0.308 e. The van der Waals surface area contributed by atoms with E-state index < -0.39 is 11.6 Å². The van der Waals surface area contributed by atoms with E-state index >= 15 is 8.78 Å². The minimum absolute atomic E-state index is 0.164. The number of nitrogens with zero attached hydrogens (tertiary/aromatic N) is 3. The molecule has 0 atom stereocenters. The highest BCUT2D eigenvalue weighted by Gasteiger charge is 2.27. The van der Waals surface area contributed by atoms with Crippen molar-refractivity contribution in [3.05, 3.63) is 236 Å². The highest BCUT2D eigenvalue weighted by molar-refractivity contribution is 6.14. The zero-order valence-electron chi connectivity index (χ0n) is 46.5. The quantitative estimate of drug-likeness (QED) is 0.157. The molecule has 0 radical (unpaired) electrons. The molecule has 12 aromatic rings. The lowest BCUT2D eigenvalue weighted by Gasteiger charge is -2.20. The van der Waals surface area contributed by atoms with E-state index in [1.54, 1.807) is 0 Å². The molecule has 0 spiro atoms. The third-order valence-corrected chi connectivity index (χ3v) is 16.3. The summed E-state index contributed by atoms with van der Waals surface area (Å²) in [6, 6.07) is 54.7. The summed E-state index contributed by atoms with van der Waals surface area (Å²) in [6.07, 6.45) is 0. The predicted molar refractivity (Wildman–Crippen MR) is 324 cm³/mol. The molecule has 0 N–H and O–H groups in total. The Kier molecular flexibility index (Phi) is 12.0. The molecule has 0 bridgehead atoms. The maximum atomic E-state index is 16.7. The van der Waals surface area contributed by atoms with Crippen molar-refractivity contribution in [3.63, 3.8) is 0 Å². The molecule has 0 amide bonds. The van der Waals surface area contributed by atoms with Gasteiger partial charge in [0, 0.05) is 21.5 Å². The topological polar surface area (TPSA) is 33.6 Å². The fraction of sp³-hybridized carbons (Fsp3) is 0.164. The van der Waals surface area contributed by atoms with E-state index in [0.717, 1.165) is 133 Å². The SMILES string of the molecule is Cc1cc(C)c(-c2ccc3c4ccc(-c5c(C)cc(C)cc5C)cc4n(-c4cc(-c5c(F)cccc5F)cc(-n5c6cc(-c7c(C)cc(C)cc7C)ccc6c6ccc(-c7c(C)cc(C)cc7C)cc65)c4C#N)c3c2)c(C)c1. The van der Waals surface area contributed by atoms with Crippen LogP contribution in [0.2, 0.25) is 0 Å². The van der Waals surface area contributed by atoms with Gasteiger partial charge in [-0.2, -0.15) is 5.26 Å². The highest BCUT2D eigenvalue weighted by atomic mass is 19.1. The van der Waals surface area contributed by atoms with Crippen LogP contribution in [0.15, 0.2) is 152 Å². The monoisotopic (exact) mass is 1020 g/mol. The molecule has 12 rings (SSSR count). The molecule has 2 heterocycles. The number of nitriles is 1. The van der Waals surface area contributed by atoms with E-state index in [9.17, 15) is 5.26 Å². The van der Waals surface area contributed by atoms with Crippen LogP contribution in [-0.4, -0.2) is 9.13 Å². The summed E-state index contributed by atoms with van der Waals surface area (Å²) in [6.45, 7) is 25.8. The molecule has 0 aliphatic carbocycles. The maximum Gasteiger partial charge on any atom is 0.133 e. The van der Waals surface area contributed by atoms with Crippen molar-refractivity contribution in [3.8, 4) is 73.1 Å². The number of rotatable bonds is 7. The molecule has 382 valence electrons. The van der Waals surface area contributed by atoms with Crippen LogP contribution in [0.25, 0.3) is 111 Å². The number of aromatic nitrogens is 2. The smallest absolute Gasteiger partial charge is 0.133 e. The molecule has 0 aliphatic heterocycles. The van der Waals surface area contributed by atoms with Gasteiger partial charge in [0.1, 0.15) is 23.3 Å². The van der Waals surface area contributed by atoms with E-state index in [-0.39, 0.29) is 5.56 Å². The van der Waals surface area contributed by atoms with E-state index in [0.29, 0.717) is 22.5 Å². The lowest BCUT2D eigenvalue weighted by Crippen LogP contribution is -2.06. The summed E-state index contributed by atoms with van der Waals surface area (Å²) >= 11 is 0. The zero-order chi connectivity index (χ0) is 54.7. The number of fused-ring (bicyclic) bond motifs is 6. The standard InChI is InChI=1S/C73H61F2N3/c1-39-24-43(5)69(44(6)25-39)51-16-20-56-57-21-17-52(70-45(7)26-40(2)27-46(70)8)33-64(57)77(63(56)32-51)67-36-55(73-61(74)14-13-15-62(73)75)37-68(60(67)38-76)78-65-34-53(71-47(9)28-41(3)29-48(71)10)18-22-58(65)59-23-19-54(35-66(59)78)72-49(11)30-42(4)31-50(72)12/h13-37H,1-12H3. The summed E-state index contributed by atoms with van der Waals surface area (Å²) in [5.74, 6) is -1.39. The number of hydrogen-bond acceptors (Lipinski definition) is 1. The van der Waals surface area contributed by atoms with Crippen LogP contribution < -0.4 is 0 Å². The van der Waals surface area contributed by atoms with Crippen LogP contribution in [0.1, 0.15) is 72.3 Å². The zero-order valence-corrected chi connectivity index (χ0v) is 46.5. The van der Waals surface area contributed by atoms with Gasteiger partial charge in [0.25, 0.3) is 0 Å². The van der Waals surface area contributed by atoms with Gasteiger partial charge < -0.3 is 9.13 Å².